The average molecular weight is 300 g/mol. The summed E-state index contributed by atoms with van der Waals surface area (Å²) < 4.78 is 13.5. The molecule has 2 aromatic carbocycles. The zero-order valence-electron chi connectivity index (χ0n) is 12.7. The third-order valence-electron chi connectivity index (χ3n) is 3.21. The van der Waals surface area contributed by atoms with Gasteiger partial charge in [0, 0.05) is 30.9 Å². The number of benzene rings is 2. The van der Waals surface area contributed by atoms with Gasteiger partial charge in [0.2, 0.25) is 0 Å². The van der Waals surface area contributed by atoms with Crippen LogP contribution in [0.3, 0.4) is 0 Å². The first-order valence-corrected chi connectivity index (χ1v) is 6.77. The molecule has 5 heteroatoms. The number of nitrogens with one attached hydrogen (secondary N) is 1. The molecule has 0 aliphatic heterocycles. The summed E-state index contributed by atoms with van der Waals surface area (Å²) in [4.78, 5) is 25.5. The Balaban J connectivity index is 2.19. The van der Waals surface area contributed by atoms with Gasteiger partial charge in [-0.25, -0.2) is 4.39 Å². The Labute approximate surface area is 128 Å². The molecule has 0 radical (unpaired) electrons. The molecule has 1 N–H and O–H groups in total. The highest BCUT2D eigenvalue weighted by atomic mass is 19.1. The normalized spacial score (nSPS) is 10.2. The summed E-state index contributed by atoms with van der Waals surface area (Å²) in [5.74, 6) is -1.00. The summed E-state index contributed by atoms with van der Waals surface area (Å²) in [6.07, 6.45) is 0. The van der Waals surface area contributed by atoms with E-state index in [2.05, 4.69) is 5.32 Å². The van der Waals surface area contributed by atoms with Crippen LogP contribution in [0.1, 0.15) is 26.3 Å². The second kappa shape index (κ2) is 6.39. The Bertz CT molecular complexity index is 726. The molecule has 0 bridgehead atoms. The lowest BCUT2D eigenvalue weighted by molar-refractivity contribution is 0.0827. The molecule has 2 rings (SSSR count). The first-order chi connectivity index (χ1) is 10.4. The van der Waals surface area contributed by atoms with Crippen molar-refractivity contribution in [1.29, 1.82) is 0 Å². The van der Waals surface area contributed by atoms with Gasteiger partial charge < -0.3 is 10.2 Å². The molecular weight excluding hydrogens is 283 g/mol. The zero-order valence-corrected chi connectivity index (χ0v) is 12.7. The van der Waals surface area contributed by atoms with E-state index in [1.54, 1.807) is 57.4 Å². The molecule has 0 aromatic heterocycles. The van der Waals surface area contributed by atoms with Gasteiger partial charge in [-0.05, 0) is 42.8 Å². The fourth-order valence-electron chi connectivity index (χ4n) is 1.93. The van der Waals surface area contributed by atoms with Crippen molar-refractivity contribution < 1.29 is 14.0 Å². The van der Waals surface area contributed by atoms with Crippen LogP contribution in [0.2, 0.25) is 0 Å². The molecule has 0 heterocycles. The number of carbonyl (C=O) groups is 2. The molecule has 0 saturated heterocycles. The lowest BCUT2D eigenvalue weighted by Gasteiger charge is -2.12. The summed E-state index contributed by atoms with van der Waals surface area (Å²) in [6.45, 7) is 1.63. The number of nitrogens with zero attached hydrogens (tertiary/aromatic N) is 1. The van der Waals surface area contributed by atoms with Gasteiger partial charge >= 0.3 is 0 Å². The van der Waals surface area contributed by atoms with E-state index in [-0.39, 0.29) is 11.5 Å². The first-order valence-electron chi connectivity index (χ1n) is 6.77. The van der Waals surface area contributed by atoms with Crippen molar-refractivity contribution in [2.45, 2.75) is 6.92 Å². The maximum atomic E-state index is 13.5. The number of anilines is 1. The van der Waals surface area contributed by atoms with Crippen LogP contribution in [0, 0.1) is 12.7 Å². The maximum Gasteiger partial charge on any atom is 0.255 e. The highest BCUT2D eigenvalue weighted by molar-refractivity contribution is 6.05. The van der Waals surface area contributed by atoms with E-state index >= 15 is 0 Å². The lowest BCUT2D eigenvalue weighted by atomic mass is 10.1. The van der Waals surface area contributed by atoms with Crippen molar-refractivity contribution in [2.24, 2.45) is 0 Å². The molecule has 2 aromatic rings. The molecule has 0 aliphatic rings. The van der Waals surface area contributed by atoms with Crippen LogP contribution in [-0.4, -0.2) is 30.8 Å². The zero-order chi connectivity index (χ0) is 16.3. The largest absolute Gasteiger partial charge is 0.345 e. The molecule has 0 saturated carbocycles. The summed E-state index contributed by atoms with van der Waals surface area (Å²) >= 11 is 0. The molecule has 0 atom stereocenters. The van der Waals surface area contributed by atoms with Crippen LogP contribution in [0.4, 0.5) is 10.1 Å². The Morgan fingerprint density at radius 3 is 2.41 bits per heavy atom. The van der Waals surface area contributed by atoms with Gasteiger partial charge in [-0.2, -0.15) is 0 Å². The van der Waals surface area contributed by atoms with E-state index in [4.69, 9.17) is 0 Å². The van der Waals surface area contributed by atoms with Crippen LogP contribution in [-0.2, 0) is 0 Å². The minimum absolute atomic E-state index is 0.155. The van der Waals surface area contributed by atoms with Gasteiger partial charge in [0.25, 0.3) is 11.8 Å². The molecule has 114 valence electrons. The molecule has 2 amide bonds. The number of hydrogen-bond acceptors (Lipinski definition) is 2. The third-order valence-corrected chi connectivity index (χ3v) is 3.21. The Morgan fingerprint density at radius 2 is 1.77 bits per heavy atom. The highest BCUT2D eigenvalue weighted by Crippen LogP contribution is 2.15. The topological polar surface area (TPSA) is 49.4 Å². The van der Waals surface area contributed by atoms with Crippen LogP contribution < -0.4 is 5.32 Å². The van der Waals surface area contributed by atoms with Crippen molar-refractivity contribution in [2.75, 3.05) is 19.4 Å². The number of rotatable bonds is 3. The minimum Gasteiger partial charge on any atom is -0.345 e. The quantitative estimate of drug-likeness (QED) is 0.947. The van der Waals surface area contributed by atoms with Crippen molar-refractivity contribution in [1.82, 2.24) is 4.90 Å². The summed E-state index contributed by atoms with van der Waals surface area (Å²) in [7, 11) is 3.31. The fourth-order valence-corrected chi connectivity index (χ4v) is 1.93. The average Bonchev–Trinajstić information content (AvgIpc) is 2.49. The molecule has 4 nitrogen and oxygen atoms in total. The standard InChI is InChI=1S/C17H17FN2O2/c1-11-7-8-12(10-15(11)18)16(21)19-14-6-4-5-13(9-14)17(22)20(2)3/h4-10H,1-3H3,(H,19,21). The predicted molar refractivity (Wildman–Crippen MR) is 83.5 cm³/mol. The van der Waals surface area contributed by atoms with Crippen LogP contribution >= 0.6 is 0 Å². The summed E-state index contributed by atoms with van der Waals surface area (Å²) in [5, 5.41) is 2.66. The van der Waals surface area contributed by atoms with Crippen molar-refractivity contribution in [3.63, 3.8) is 0 Å². The Hall–Kier alpha value is -2.69. The predicted octanol–water partition coefficient (Wildman–Crippen LogP) is 3.09. The third kappa shape index (κ3) is 3.49. The van der Waals surface area contributed by atoms with Gasteiger partial charge in [0.15, 0.2) is 0 Å². The fraction of sp³-hybridized carbons (Fsp3) is 0.176. The summed E-state index contributed by atoms with van der Waals surface area (Å²) in [5.41, 5.74) is 1.67. The molecule has 0 fully saturated rings. The number of aryl methyl sites for hydroxylation is 1. The van der Waals surface area contributed by atoms with Gasteiger partial charge in [-0.15, -0.1) is 0 Å². The van der Waals surface area contributed by atoms with Gasteiger partial charge in [-0.3, -0.25) is 9.59 Å². The van der Waals surface area contributed by atoms with E-state index in [1.165, 1.54) is 11.0 Å². The molecule has 0 aliphatic carbocycles. The maximum absolute atomic E-state index is 13.5. The van der Waals surface area contributed by atoms with E-state index < -0.39 is 11.7 Å². The minimum atomic E-state index is -0.427. The second-order valence-electron chi connectivity index (χ2n) is 5.20. The van der Waals surface area contributed by atoms with Crippen LogP contribution in [0.25, 0.3) is 0 Å². The second-order valence-corrected chi connectivity index (χ2v) is 5.20. The van der Waals surface area contributed by atoms with Gasteiger partial charge in [0.05, 0.1) is 0 Å². The van der Waals surface area contributed by atoms with Crippen molar-refractivity contribution in [3.05, 3.63) is 65.0 Å². The van der Waals surface area contributed by atoms with E-state index in [1.807, 2.05) is 0 Å². The molecular formula is C17H17FN2O2. The highest BCUT2D eigenvalue weighted by Gasteiger charge is 2.11. The lowest BCUT2D eigenvalue weighted by Crippen LogP contribution is -2.22. The van der Waals surface area contributed by atoms with Crippen LogP contribution in [0.5, 0.6) is 0 Å². The molecule has 0 unspecified atom stereocenters. The van der Waals surface area contributed by atoms with Gasteiger partial charge in [0.1, 0.15) is 5.82 Å². The molecule has 22 heavy (non-hydrogen) atoms. The number of halogens is 1. The number of carbonyl (C=O) groups excluding carboxylic acids is 2. The SMILES string of the molecule is Cc1ccc(C(=O)Nc2cccc(C(=O)N(C)C)c2)cc1F. The molecule has 0 spiro atoms. The van der Waals surface area contributed by atoms with E-state index in [0.29, 0.717) is 16.8 Å². The Kier molecular flexibility index (Phi) is 4.56. The van der Waals surface area contributed by atoms with Crippen LogP contribution in [0.15, 0.2) is 42.5 Å². The van der Waals surface area contributed by atoms with E-state index in [9.17, 15) is 14.0 Å². The monoisotopic (exact) mass is 300 g/mol. The smallest absolute Gasteiger partial charge is 0.255 e. The summed E-state index contributed by atoms with van der Waals surface area (Å²) in [6, 6.07) is 10.9. The van der Waals surface area contributed by atoms with Gasteiger partial charge in [-0.1, -0.05) is 12.1 Å². The number of hydrogen-bond donors (Lipinski definition) is 1. The Morgan fingerprint density at radius 1 is 1.05 bits per heavy atom. The van der Waals surface area contributed by atoms with Crippen molar-refractivity contribution in [3.8, 4) is 0 Å². The van der Waals surface area contributed by atoms with Crippen molar-refractivity contribution >= 4 is 17.5 Å². The first kappa shape index (κ1) is 15.7. The number of amides is 2. The van der Waals surface area contributed by atoms with E-state index in [0.717, 1.165) is 0 Å².